The molecule has 168 valence electrons. The average Bonchev–Trinajstić information content (AvgIpc) is 3.32. The van der Waals surface area contributed by atoms with Crippen molar-refractivity contribution in [2.45, 2.75) is 25.8 Å². The lowest BCUT2D eigenvalue weighted by atomic mass is 10.1. The first-order valence-electron chi connectivity index (χ1n) is 10.1. The van der Waals surface area contributed by atoms with E-state index in [2.05, 4.69) is 15.2 Å². The molecular weight excluding hydrogens is 440 g/mol. The first-order valence-corrected chi connectivity index (χ1v) is 11.6. The summed E-state index contributed by atoms with van der Waals surface area (Å²) in [5.41, 5.74) is 4.22. The largest absolute Gasteiger partial charge is 0.438 e. The van der Waals surface area contributed by atoms with Crippen molar-refractivity contribution < 1.29 is 17.9 Å². The molecule has 4 aromatic rings. The summed E-state index contributed by atoms with van der Waals surface area (Å²) >= 11 is 0. The summed E-state index contributed by atoms with van der Waals surface area (Å²) in [6.07, 6.45) is 1.28. The van der Waals surface area contributed by atoms with E-state index in [1.165, 1.54) is 18.3 Å². The van der Waals surface area contributed by atoms with Crippen LogP contribution < -0.4 is 9.46 Å². The van der Waals surface area contributed by atoms with Crippen molar-refractivity contribution in [3.05, 3.63) is 89.1 Å². The maximum absolute atomic E-state index is 13.0. The van der Waals surface area contributed by atoms with Crippen LogP contribution in [0.3, 0.4) is 0 Å². The van der Waals surface area contributed by atoms with Crippen LogP contribution in [0.25, 0.3) is 11.3 Å². The first-order chi connectivity index (χ1) is 15.7. The number of aromatic nitrogens is 3. The van der Waals surface area contributed by atoms with Gasteiger partial charge in [-0.2, -0.15) is 13.5 Å². The molecule has 0 atom stereocenters. The summed E-state index contributed by atoms with van der Waals surface area (Å²) in [6.45, 7) is 5.79. The highest BCUT2D eigenvalue weighted by Crippen LogP contribution is 2.32. The first kappa shape index (κ1) is 22.2. The predicted molar refractivity (Wildman–Crippen MR) is 124 cm³/mol. The predicted octanol–water partition coefficient (Wildman–Crippen LogP) is 4.31. The number of benzene rings is 2. The number of carbonyl (C=O) groups is 1. The van der Waals surface area contributed by atoms with Crippen LogP contribution in [-0.2, 0) is 10.0 Å². The zero-order valence-electron chi connectivity index (χ0n) is 18.3. The zero-order chi connectivity index (χ0) is 23.6. The summed E-state index contributed by atoms with van der Waals surface area (Å²) in [7, 11) is -4.14. The Balaban J connectivity index is 1.77. The zero-order valence-corrected chi connectivity index (χ0v) is 19.1. The molecule has 0 aliphatic rings. The van der Waals surface area contributed by atoms with Gasteiger partial charge < -0.3 is 4.74 Å². The number of rotatable bonds is 6. The van der Waals surface area contributed by atoms with Crippen LogP contribution in [-0.4, -0.2) is 29.5 Å². The van der Waals surface area contributed by atoms with Gasteiger partial charge in [-0.15, -0.1) is 0 Å². The number of nitrogens with zero attached hydrogens (tertiary/aromatic N) is 2. The Kier molecular flexibility index (Phi) is 5.97. The van der Waals surface area contributed by atoms with Crippen LogP contribution in [0, 0.1) is 20.8 Å². The Morgan fingerprint density at radius 1 is 0.970 bits per heavy atom. The number of nitrogens with one attached hydrogen (secondary N) is 2. The van der Waals surface area contributed by atoms with Gasteiger partial charge >= 0.3 is 0 Å². The van der Waals surface area contributed by atoms with Crippen LogP contribution in [0.2, 0.25) is 0 Å². The average molecular weight is 463 g/mol. The summed E-state index contributed by atoms with van der Waals surface area (Å²) in [6, 6.07) is 17.7. The van der Waals surface area contributed by atoms with Crippen molar-refractivity contribution in [3.8, 4) is 22.9 Å². The number of aromatic amines is 1. The van der Waals surface area contributed by atoms with E-state index < -0.39 is 15.9 Å². The molecule has 0 bridgehead atoms. The Labute approximate surface area is 191 Å². The monoisotopic (exact) mass is 462 g/mol. The quantitative estimate of drug-likeness (QED) is 0.441. The number of amides is 1. The smallest absolute Gasteiger partial charge is 0.281 e. The standard InChI is InChI=1S/C24H22N4O4S/c1-15-13-16(2)22(17(3)14-15)32-24-19(9-10-20(26-24)18-7-5-4-6-8-18)23(29)28-33(30,31)21-11-12-25-27-21/h4-14H,1-3H3,(H,25,27)(H,28,29). The van der Waals surface area contributed by atoms with Gasteiger partial charge in [0.15, 0.2) is 5.03 Å². The van der Waals surface area contributed by atoms with Crippen LogP contribution in [0.1, 0.15) is 27.0 Å². The number of aryl methyl sites for hydroxylation is 3. The molecule has 0 aliphatic heterocycles. The fraction of sp³-hybridized carbons (Fsp3) is 0.125. The molecule has 0 saturated carbocycles. The van der Waals surface area contributed by atoms with Crippen molar-refractivity contribution >= 4 is 15.9 Å². The molecule has 2 heterocycles. The van der Waals surface area contributed by atoms with Crippen LogP contribution >= 0.6 is 0 Å². The molecule has 0 spiro atoms. The fourth-order valence-electron chi connectivity index (χ4n) is 3.51. The van der Waals surface area contributed by atoms with E-state index in [0.717, 1.165) is 22.3 Å². The minimum atomic E-state index is -4.14. The molecule has 0 aliphatic carbocycles. The van der Waals surface area contributed by atoms with Crippen molar-refractivity contribution in [1.82, 2.24) is 19.9 Å². The molecule has 2 aromatic heterocycles. The van der Waals surface area contributed by atoms with Gasteiger partial charge in [-0.3, -0.25) is 9.89 Å². The molecule has 0 fully saturated rings. The molecular formula is C24H22N4O4S. The van der Waals surface area contributed by atoms with Crippen LogP contribution in [0.15, 0.2) is 71.9 Å². The molecule has 2 aromatic carbocycles. The van der Waals surface area contributed by atoms with Crippen molar-refractivity contribution in [1.29, 1.82) is 0 Å². The highest BCUT2D eigenvalue weighted by Gasteiger charge is 2.24. The molecule has 0 saturated heterocycles. The lowest BCUT2D eigenvalue weighted by Gasteiger charge is -2.16. The van der Waals surface area contributed by atoms with E-state index >= 15 is 0 Å². The molecule has 8 nitrogen and oxygen atoms in total. The number of ether oxygens (including phenoxy) is 1. The number of H-pyrrole nitrogens is 1. The topological polar surface area (TPSA) is 114 Å². The molecule has 0 unspecified atom stereocenters. The number of carbonyl (C=O) groups excluding carboxylic acids is 1. The summed E-state index contributed by atoms with van der Waals surface area (Å²) in [5.74, 6) is -0.304. The SMILES string of the molecule is Cc1cc(C)c(Oc2nc(-c3ccccc3)ccc2C(=O)NS(=O)(=O)c2ccn[nH]2)c(C)c1. The van der Waals surface area contributed by atoms with E-state index in [9.17, 15) is 13.2 Å². The molecule has 1 amide bonds. The number of pyridine rings is 1. The maximum atomic E-state index is 13.0. The molecule has 33 heavy (non-hydrogen) atoms. The second-order valence-corrected chi connectivity index (χ2v) is 9.25. The van der Waals surface area contributed by atoms with Gasteiger partial charge in [0.2, 0.25) is 5.88 Å². The second-order valence-electron chi connectivity index (χ2n) is 7.60. The number of sulfonamides is 1. The van der Waals surface area contributed by atoms with E-state index in [-0.39, 0.29) is 16.5 Å². The second kappa shape index (κ2) is 8.87. The van der Waals surface area contributed by atoms with E-state index in [1.54, 1.807) is 6.07 Å². The molecule has 0 radical (unpaired) electrons. The van der Waals surface area contributed by atoms with Crippen molar-refractivity contribution in [2.75, 3.05) is 0 Å². The normalized spacial score (nSPS) is 11.2. The van der Waals surface area contributed by atoms with Crippen LogP contribution in [0.4, 0.5) is 0 Å². The third kappa shape index (κ3) is 4.78. The highest BCUT2D eigenvalue weighted by atomic mass is 32.2. The van der Waals surface area contributed by atoms with Gasteiger partial charge in [0.1, 0.15) is 11.3 Å². The molecule has 2 N–H and O–H groups in total. The minimum absolute atomic E-state index is 0.00344. The third-order valence-electron chi connectivity index (χ3n) is 4.97. The van der Waals surface area contributed by atoms with E-state index in [4.69, 9.17) is 4.74 Å². The summed E-state index contributed by atoms with van der Waals surface area (Å²) < 4.78 is 33.2. The number of hydrogen-bond acceptors (Lipinski definition) is 6. The van der Waals surface area contributed by atoms with Gasteiger partial charge in [0.05, 0.1) is 11.9 Å². The Hall–Kier alpha value is -3.98. The lowest BCUT2D eigenvalue weighted by molar-refractivity contribution is 0.0978. The Bertz CT molecular complexity index is 1390. The lowest BCUT2D eigenvalue weighted by Crippen LogP contribution is -2.31. The van der Waals surface area contributed by atoms with E-state index in [0.29, 0.717) is 11.4 Å². The Morgan fingerprint density at radius 3 is 2.30 bits per heavy atom. The van der Waals surface area contributed by atoms with Gasteiger partial charge in [0, 0.05) is 5.56 Å². The third-order valence-corrected chi connectivity index (χ3v) is 6.23. The minimum Gasteiger partial charge on any atom is -0.438 e. The van der Waals surface area contributed by atoms with Crippen molar-refractivity contribution in [3.63, 3.8) is 0 Å². The van der Waals surface area contributed by atoms with Gasteiger partial charge in [-0.25, -0.2) is 9.71 Å². The van der Waals surface area contributed by atoms with Gasteiger partial charge in [-0.05, 0) is 50.1 Å². The maximum Gasteiger partial charge on any atom is 0.281 e. The molecule has 9 heteroatoms. The highest BCUT2D eigenvalue weighted by molar-refractivity contribution is 7.90. The van der Waals surface area contributed by atoms with Crippen LogP contribution in [0.5, 0.6) is 11.6 Å². The van der Waals surface area contributed by atoms with Gasteiger partial charge in [0.25, 0.3) is 15.9 Å². The Morgan fingerprint density at radius 2 is 1.67 bits per heavy atom. The van der Waals surface area contributed by atoms with Gasteiger partial charge in [-0.1, -0.05) is 48.0 Å². The summed E-state index contributed by atoms with van der Waals surface area (Å²) in [4.78, 5) is 17.6. The molecule has 4 rings (SSSR count). The van der Waals surface area contributed by atoms with E-state index in [1.807, 2.05) is 68.0 Å². The number of hydrogen-bond donors (Lipinski definition) is 2. The fourth-order valence-corrected chi connectivity index (χ4v) is 4.39. The summed E-state index contributed by atoms with van der Waals surface area (Å²) in [5, 5.41) is 5.74. The van der Waals surface area contributed by atoms with Crippen molar-refractivity contribution in [2.24, 2.45) is 0 Å².